The summed E-state index contributed by atoms with van der Waals surface area (Å²) in [4.78, 5) is 12.3. The third-order valence-electron chi connectivity index (χ3n) is 3.78. The molecule has 2 aromatic carbocycles. The highest BCUT2D eigenvalue weighted by atomic mass is 19.4. The number of hydrogen-bond acceptors (Lipinski definition) is 3. The van der Waals surface area contributed by atoms with Crippen LogP contribution in [0.2, 0.25) is 0 Å². The van der Waals surface area contributed by atoms with Crippen molar-refractivity contribution < 1.29 is 22.4 Å². The van der Waals surface area contributed by atoms with Crippen LogP contribution in [0.3, 0.4) is 0 Å². The van der Waals surface area contributed by atoms with E-state index in [-0.39, 0.29) is 17.0 Å². The number of benzene rings is 2. The van der Waals surface area contributed by atoms with Crippen LogP contribution in [0.1, 0.15) is 11.3 Å². The number of halogens is 3. The molecule has 1 heterocycles. The molecular formula is C21H13F3N2O2. The lowest BCUT2D eigenvalue weighted by Crippen LogP contribution is -2.14. The van der Waals surface area contributed by atoms with Gasteiger partial charge >= 0.3 is 6.18 Å². The van der Waals surface area contributed by atoms with E-state index in [4.69, 9.17) is 4.42 Å². The van der Waals surface area contributed by atoms with E-state index < -0.39 is 17.6 Å². The van der Waals surface area contributed by atoms with Gasteiger partial charge < -0.3 is 9.73 Å². The molecule has 0 aliphatic rings. The molecule has 0 atom stereocenters. The number of anilines is 1. The number of nitrogens with one attached hydrogen (secondary N) is 1. The van der Waals surface area contributed by atoms with Crippen molar-refractivity contribution in [2.75, 3.05) is 5.32 Å². The van der Waals surface area contributed by atoms with Crippen LogP contribution in [-0.2, 0) is 11.0 Å². The molecule has 0 spiro atoms. The second kappa shape index (κ2) is 7.84. The van der Waals surface area contributed by atoms with Gasteiger partial charge in [0.2, 0.25) is 0 Å². The minimum absolute atomic E-state index is 0.0644. The topological polar surface area (TPSA) is 66.0 Å². The van der Waals surface area contributed by atoms with E-state index in [2.05, 4.69) is 5.32 Å². The first-order valence-corrected chi connectivity index (χ1v) is 8.12. The molecule has 1 amide bonds. The van der Waals surface area contributed by atoms with E-state index in [1.54, 1.807) is 18.2 Å². The molecule has 0 saturated heterocycles. The number of hydrogen-bond donors (Lipinski definition) is 1. The van der Waals surface area contributed by atoms with Gasteiger partial charge in [0.05, 0.1) is 5.56 Å². The van der Waals surface area contributed by atoms with E-state index in [0.29, 0.717) is 5.76 Å². The van der Waals surface area contributed by atoms with Crippen molar-refractivity contribution in [1.29, 1.82) is 5.26 Å². The third-order valence-corrected chi connectivity index (χ3v) is 3.78. The monoisotopic (exact) mass is 382 g/mol. The molecule has 0 aliphatic heterocycles. The number of carbonyl (C=O) groups is 1. The first kappa shape index (κ1) is 19.0. The van der Waals surface area contributed by atoms with Crippen LogP contribution >= 0.6 is 0 Å². The molecule has 0 saturated carbocycles. The SMILES string of the molecule is N#C/C(=C/c1ccc(-c2ccccc2)o1)C(=O)Nc1cccc(C(F)(F)F)c1. The van der Waals surface area contributed by atoms with Gasteiger partial charge in [-0.3, -0.25) is 4.79 Å². The Balaban J connectivity index is 1.79. The minimum Gasteiger partial charge on any atom is -0.457 e. The van der Waals surface area contributed by atoms with Crippen molar-refractivity contribution in [2.45, 2.75) is 6.18 Å². The van der Waals surface area contributed by atoms with Crippen LogP contribution in [-0.4, -0.2) is 5.91 Å². The van der Waals surface area contributed by atoms with Crippen LogP contribution < -0.4 is 5.32 Å². The van der Waals surface area contributed by atoms with Gasteiger partial charge in [0.25, 0.3) is 5.91 Å². The van der Waals surface area contributed by atoms with Gasteiger partial charge in [-0.25, -0.2) is 0 Å². The van der Waals surface area contributed by atoms with Crippen molar-refractivity contribution in [2.24, 2.45) is 0 Å². The van der Waals surface area contributed by atoms with Gasteiger partial charge in [-0.05, 0) is 30.3 Å². The van der Waals surface area contributed by atoms with Crippen molar-refractivity contribution >= 4 is 17.7 Å². The Bertz CT molecular complexity index is 1060. The van der Waals surface area contributed by atoms with Gasteiger partial charge in [0.15, 0.2) is 0 Å². The summed E-state index contributed by atoms with van der Waals surface area (Å²) in [6.45, 7) is 0. The second-order valence-corrected chi connectivity index (χ2v) is 5.77. The first-order chi connectivity index (χ1) is 13.4. The third kappa shape index (κ3) is 4.48. The van der Waals surface area contributed by atoms with E-state index in [1.165, 1.54) is 18.2 Å². The second-order valence-electron chi connectivity index (χ2n) is 5.77. The zero-order chi connectivity index (χ0) is 20.1. The maximum absolute atomic E-state index is 12.8. The molecule has 0 aliphatic carbocycles. The molecule has 0 bridgehead atoms. The molecule has 140 valence electrons. The zero-order valence-electron chi connectivity index (χ0n) is 14.3. The predicted molar refractivity (Wildman–Crippen MR) is 97.8 cm³/mol. The molecule has 28 heavy (non-hydrogen) atoms. The van der Waals surface area contributed by atoms with Gasteiger partial charge in [0.1, 0.15) is 23.2 Å². The fourth-order valence-corrected chi connectivity index (χ4v) is 2.45. The molecule has 1 N–H and O–H groups in total. The smallest absolute Gasteiger partial charge is 0.416 e. The number of amides is 1. The van der Waals surface area contributed by atoms with Gasteiger partial charge in [-0.1, -0.05) is 36.4 Å². The lowest BCUT2D eigenvalue weighted by atomic mass is 10.1. The van der Waals surface area contributed by atoms with Crippen molar-refractivity contribution in [1.82, 2.24) is 0 Å². The summed E-state index contributed by atoms with van der Waals surface area (Å²) < 4.78 is 43.9. The molecule has 7 heteroatoms. The van der Waals surface area contributed by atoms with E-state index in [1.807, 2.05) is 30.3 Å². The van der Waals surface area contributed by atoms with Crippen molar-refractivity contribution in [3.63, 3.8) is 0 Å². The van der Waals surface area contributed by atoms with Crippen LogP contribution in [0.4, 0.5) is 18.9 Å². The quantitative estimate of drug-likeness (QED) is 0.478. The number of carbonyl (C=O) groups excluding carboxylic acids is 1. The Morgan fingerprint density at radius 2 is 1.79 bits per heavy atom. The number of rotatable bonds is 4. The average Bonchev–Trinajstić information content (AvgIpc) is 3.15. The minimum atomic E-state index is -4.53. The summed E-state index contributed by atoms with van der Waals surface area (Å²) in [5.41, 5.74) is -0.433. The molecule has 0 fully saturated rings. The van der Waals surface area contributed by atoms with Crippen LogP contribution in [0, 0.1) is 11.3 Å². The highest BCUT2D eigenvalue weighted by Gasteiger charge is 2.30. The number of nitriles is 1. The first-order valence-electron chi connectivity index (χ1n) is 8.12. The Morgan fingerprint density at radius 3 is 2.46 bits per heavy atom. The zero-order valence-corrected chi connectivity index (χ0v) is 14.3. The molecular weight excluding hydrogens is 369 g/mol. The predicted octanol–water partition coefficient (Wildman–Crippen LogP) is 5.51. The summed E-state index contributed by atoms with van der Waals surface area (Å²) >= 11 is 0. The maximum Gasteiger partial charge on any atom is 0.416 e. The molecule has 1 aromatic heterocycles. The summed E-state index contributed by atoms with van der Waals surface area (Å²) in [5, 5.41) is 11.5. The van der Waals surface area contributed by atoms with Gasteiger partial charge in [0, 0.05) is 17.3 Å². The average molecular weight is 382 g/mol. The van der Waals surface area contributed by atoms with E-state index in [0.717, 1.165) is 17.7 Å². The molecule has 3 rings (SSSR count). The summed E-state index contributed by atoms with van der Waals surface area (Å²) in [6.07, 6.45) is -3.30. The van der Waals surface area contributed by atoms with Crippen LogP contribution in [0.25, 0.3) is 17.4 Å². The highest BCUT2D eigenvalue weighted by molar-refractivity contribution is 6.09. The molecule has 4 nitrogen and oxygen atoms in total. The maximum atomic E-state index is 12.8. The van der Waals surface area contributed by atoms with Gasteiger partial charge in [-0.15, -0.1) is 0 Å². The van der Waals surface area contributed by atoms with E-state index in [9.17, 15) is 23.2 Å². The molecule has 3 aromatic rings. The molecule has 0 unspecified atom stereocenters. The van der Waals surface area contributed by atoms with Gasteiger partial charge in [-0.2, -0.15) is 18.4 Å². The number of alkyl halides is 3. The number of furan rings is 1. The van der Waals surface area contributed by atoms with E-state index >= 15 is 0 Å². The Labute approximate surface area is 158 Å². The Morgan fingerprint density at radius 1 is 1.04 bits per heavy atom. The normalized spacial score (nSPS) is 11.7. The summed E-state index contributed by atoms with van der Waals surface area (Å²) in [5.74, 6) is -0.00323. The Hall–Kier alpha value is -3.79. The summed E-state index contributed by atoms with van der Waals surface area (Å²) in [7, 11) is 0. The standard InChI is InChI=1S/C21H13F3N2O2/c22-21(23,24)16-7-4-8-17(12-16)26-20(27)15(13-25)11-18-9-10-19(28-18)14-5-2-1-3-6-14/h1-12H,(H,26,27)/b15-11-. The van der Waals surface area contributed by atoms with Crippen molar-refractivity contribution in [3.8, 4) is 17.4 Å². The lowest BCUT2D eigenvalue weighted by molar-refractivity contribution is -0.137. The summed E-state index contributed by atoms with van der Waals surface area (Å²) in [6, 6.07) is 18.4. The highest BCUT2D eigenvalue weighted by Crippen LogP contribution is 2.30. The van der Waals surface area contributed by atoms with Crippen LogP contribution in [0.5, 0.6) is 0 Å². The molecule has 0 radical (unpaired) electrons. The lowest BCUT2D eigenvalue weighted by Gasteiger charge is -2.09. The fraction of sp³-hybridized carbons (Fsp3) is 0.0476. The fourth-order valence-electron chi connectivity index (χ4n) is 2.45. The van der Waals surface area contributed by atoms with Crippen molar-refractivity contribution in [3.05, 3.63) is 83.6 Å². The number of nitrogens with zero attached hydrogens (tertiary/aromatic N) is 1. The van der Waals surface area contributed by atoms with Crippen LogP contribution in [0.15, 0.2) is 76.7 Å². The largest absolute Gasteiger partial charge is 0.457 e. The Kier molecular flexibility index (Phi) is 5.32.